The zero-order chi connectivity index (χ0) is 19.7. The molecule has 0 bridgehead atoms. The Labute approximate surface area is 164 Å². The van der Waals surface area contributed by atoms with Crippen LogP contribution in [-0.2, 0) is 13.6 Å². The average molecular weight is 377 g/mol. The minimum atomic E-state index is -0.0702. The van der Waals surface area contributed by atoms with Gasteiger partial charge in [-0.2, -0.15) is 5.10 Å². The topological polar surface area (TPSA) is 56.6 Å². The summed E-state index contributed by atoms with van der Waals surface area (Å²) in [6.07, 6.45) is 3.89. The maximum Gasteiger partial charge on any atom is 0.258 e. The van der Waals surface area contributed by atoms with Gasteiger partial charge in [-0.15, -0.1) is 0 Å². The monoisotopic (exact) mass is 377 g/mol. The largest absolute Gasteiger partial charge is 0.493 e. The third-order valence-corrected chi connectivity index (χ3v) is 5.24. The van der Waals surface area contributed by atoms with Gasteiger partial charge in [0, 0.05) is 32.3 Å². The zero-order valence-corrected chi connectivity index (χ0v) is 16.3. The fourth-order valence-electron chi connectivity index (χ4n) is 3.89. The van der Waals surface area contributed by atoms with Gasteiger partial charge in [-0.1, -0.05) is 30.3 Å². The van der Waals surface area contributed by atoms with E-state index >= 15 is 0 Å². The van der Waals surface area contributed by atoms with Crippen molar-refractivity contribution in [3.05, 3.63) is 77.1 Å². The van der Waals surface area contributed by atoms with Gasteiger partial charge in [-0.3, -0.25) is 9.48 Å². The van der Waals surface area contributed by atoms with E-state index in [1.807, 2.05) is 42.5 Å². The Morgan fingerprint density at radius 3 is 2.64 bits per heavy atom. The lowest BCUT2D eigenvalue weighted by atomic mass is 9.86. The Hall–Kier alpha value is -3.28. The van der Waals surface area contributed by atoms with Crippen molar-refractivity contribution in [2.45, 2.75) is 12.5 Å². The highest BCUT2D eigenvalue weighted by atomic mass is 16.5. The molecule has 0 spiro atoms. The Morgan fingerprint density at radius 1 is 1.11 bits per heavy atom. The summed E-state index contributed by atoms with van der Waals surface area (Å²) in [6.45, 7) is 1.15. The fourth-order valence-corrected chi connectivity index (χ4v) is 3.89. The Bertz CT molecular complexity index is 1010. The first kappa shape index (κ1) is 18.1. The van der Waals surface area contributed by atoms with Crippen LogP contribution in [0, 0.1) is 0 Å². The molecule has 3 aromatic rings. The molecule has 4 rings (SSSR count). The lowest BCUT2D eigenvalue weighted by Gasteiger charge is -2.34. The zero-order valence-electron chi connectivity index (χ0n) is 16.3. The lowest BCUT2D eigenvalue weighted by Crippen LogP contribution is -2.38. The minimum Gasteiger partial charge on any atom is -0.493 e. The molecule has 0 saturated heterocycles. The molecule has 1 amide bonds. The summed E-state index contributed by atoms with van der Waals surface area (Å²) in [5.41, 5.74) is 4.01. The number of hydrogen-bond acceptors (Lipinski definition) is 4. The number of rotatable bonds is 4. The molecule has 2 heterocycles. The lowest BCUT2D eigenvalue weighted by molar-refractivity contribution is 0.0721. The summed E-state index contributed by atoms with van der Waals surface area (Å²) in [4.78, 5) is 15.3. The number of para-hydroxylation sites is 1. The quantitative estimate of drug-likeness (QED) is 0.701. The summed E-state index contributed by atoms with van der Waals surface area (Å²) in [6, 6.07) is 13.7. The van der Waals surface area contributed by atoms with E-state index in [0.29, 0.717) is 30.2 Å². The number of carbonyl (C=O) groups excluding carboxylic acids is 1. The molecule has 144 valence electrons. The van der Waals surface area contributed by atoms with E-state index in [1.54, 1.807) is 31.0 Å². The molecule has 6 nitrogen and oxygen atoms in total. The van der Waals surface area contributed by atoms with Gasteiger partial charge >= 0.3 is 0 Å². The molecule has 2 aromatic carbocycles. The molecule has 0 saturated carbocycles. The standard InChI is InChI=1S/C22H23N3O3/c1-24-12-16(11-23-24)19-14-25(13-15-7-4-5-8-17(15)19)22(26)18-9-6-10-20(27-2)21(18)28-3/h4-12,19H,13-14H2,1-3H3. The molecule has 1 aromatic heterocycles. The maximum absolute atomic E-state index is 13.4. The second kappa shape index (κ2) is 7.38. The summed E-state index contributed by atoms with van der Waals surface area (Å²) in [5, 5.41) is 4.32. The van der Waals surface area contributed by atoms with E-state index in [4.69, 9.17) is 9.47 Å². The number of fused-ring (bicyclic) bond motifs is 1. The van der Waals surface area contributed by atoms with E-state index in [-0.39, 0.29) is 11.8 Å². The molecule has 1 aliphatic heterocycles. The average Bonchev–Trinajstić information content (AvgIpc) is 3.17. The summed E-state index contributed by atoms with van der Waals surface area (Å²) >= 11 is 0. The maximum atomic E-state index is 13.4. The van der Waals surface area contributed by atoms with Crippen molar-refractivity contribution >= 4 is 5.91 Å². The first-order chi connectivity index (χ1) is 13.6. The molecule has 0 N–H and O–H groups in total. The first-order valence-corrected chi connectivity index (χ1v) is 9.19. The Morgan fingerprint density at radius 2 is 1.93 bits per heavy atom. The van der Waals surface area contributed by atoms with Gasteiger partial charge in [0.1, 0.15) is 0 Å². The van der Waals surface area contributed by atoms with Crippen molar-refractivity contribution in [2.24, 2.45) is 7.05 Å². The molecule has 6 heteroatoms. The Kier molecular flexibility index (Phi) is 4.77. The highest BCUT2D eigenvalue weighted by molar-refractivity contribution is 5.98. The van der Waals surface area contributed by atoms with Crippen molar-refractivity contribution in [3.63, 3.8) is 0 Å². The van der Waals surface area contributed by atoms with Crippen LogP contribution in [0.2, 0.25) is 0 Å². The molecular weight excluding hydrogens is 354 g/mol. The van der Waals surface area contributed by atoms with Crippen molar-refractivity contribution in [3.8, 4) is 11.5 Å². The van der Waals surface area contributed by atoms with Crippen LogP contribution in [-0.4, -0.2) is 41.4 Å². The van der Waals surface area contributed by atoms with Crippen LogP contribution in [0.4, 0.5) is 0 Å². The number of nitrogens with zero attached hydrogens (tertiary/aromatic N) is 3. The molecule has 0 aliphatic carbocycles. The van der Waals surface area contributed by atoms with Crippen LogP contribution in [0.5, 0.6) is 11.5 Å². The van der Waals surface area contributed by atoms with E-state index in [2.05, 4.69) is 17.2 Å². The normalized spacial score (nSPS) is 15.8. The third kappa shape index (κ3) is 3.11. The van der Waals surface area contributed by atoms with Crippen molar-refractivity contribution in [1.29, 1.82) is 0 Å². The molecule has 1 aliphatic rings. The third-order valence-electron chi connectivity index (χ3n) is 5.24. The summed E-state index contributed by atoms with van der Waals surface area (Å²) < 4.78 is 12.6. The van der Waals surface area contributed by atoms with Gasteiger partial charge in [-0.05, 0) is 28.8 Å². The molecule has 1 unspecified atom stereocenters. The highest BCUT2D eigenvalue weighted by Gasteiger charge is 2.31. The number of carbonyl (C=O) groups is 1. The van der Waals surface area contributed by atoms with Gasteiger partial charge in [0.15, 0.2) is 11.5 Å². The van der Waals surface area contributed by atoms with Crippen LogP contribution in [0.1, 0.15) is 33.0 Å². The van der Waals surface area contributed by atoms with Gasteiger partial charge in [0.05, 0.1) is 26.0 Å². The number of methoxy groups -OCH3 is 2. The Balaban J connectivity index is 1.73. The van der Waals surface area contributed by atoms with Gasteiger partial charge < -0.3 is 14.4 Å². The number of amides is 1. The SMILES string of the molecule is COc1cccc(C(=O)N2Cc3ccccc3C(c3cnn(C)c3)C2)c1OC. The molecule has 1 atom stereocenters. The molecule has 0 radical (unpaired) electrons. The number of benzene rings is 2. The fraction of sp³-hybridized carbons (Fsp3) is 0.273. The molecule has 0 fully saturated rings. The van der Waals surface area contributed by atoms with Gasteiger partial charge in [-0.25, -0.2) is 0 Å². The second-order valence-corrected chi connectivity index (χ2v) is 6.93. The van der Waals surface area contributed by atoms with Crippen molar-refractivity contribution < 1.29 is 14.3 Å². The number of hydrogen-bond donors (Lipinski definition) is 0. The van der Waals surface area contributed by atoms with Crippen LogP contribution < -0.4 is 9.47 Å². The second-order valence-electron chi connectivity index (χ2n) is 6.93. The van der Waals surface area contributed by atoms with Crippen LogP contribution in [0.25, 0.3) is 0 Å². The van der Waals surface area contributed by atoms with E-state index in [0.717, 1.165) is 11.1 Å². The van der Waals surface area contributed by atoms with E-state index < -0.39 is 0 Å². The molecule has 28 heavy (non-hydrogen) atoms. The van der Waals surface area contributed by atoms with Crippen molar-refractivity contribution in [2.75, 3.05) is 20.8 Å². The predicted molar refractivity (Wildman–Crippen MR) is 106 cm³/mol. The van der Waals surface area contributed by atoms with Crippen LogP contribution >= 0.6 is 0 Å². The summed E-state index contributed by atoms with van der Waals surface area (Å²) in [7, 11) is 5.03. The number of aryl methyl sites for hydroxylation is 1. The number of ether oxygens (including phenoxy) is 2. The highest BCUT2D eigenvalue weighted by Crippen LogP contribution is 2.36. The van der Waals surface area contributed by atoms with Crippen LogP contribution in [0.15, 0.2) is 54.9 Å². The first-order valence-electron chi connectivity index (χ1n) is 9.19. The van der Waals surface area contributed by atoms with E-state index in [9.17, 15) is 4.79 Å². The van der Waals surface area contributed by atoms with Gasteiger partial charge in [0.2, 0.25) is 0 Å². The van der Waals surface area contributed by atoms with E-state index in [1.165, 1.54) is 5.56 Å². The van der Waals surface area contributed by atoms with Crippen LogP contribution in [0.3, 0.4) is 0 Å². The minimum absolute atomic E-state index is 0.0702. The summed E-state index contributed by atoms with van der Waals surface area (Å²) in [5.74, 6) is 1.03. The van der Waals surface area contributed by atoms with Crippen molar-refractivity contribution in [1.82, 2.24) is 14.7 Å². The predicted octanol–water partition coefficient (Wildman–Crippen LogP) is 3.23. The smallest absolute Gasteiger partial charge is 0.258 e. The van der Waals surface area contributed by atoms with Gasteiger partial charge in [0.25, 0.3) is 5.91 Å². The molecular formula is C22H23N3O3. The number of aromatic nitrogens is 2.